The van der Waals surface area contributed by atoms with E-state index in [-0.39, 0.29) is 12.0 Å². The van der Waals surface area contributed by atoms with E-state index in [1.165, 1.54) is 4.90 Å². The first kappa shape index (κ1) is 9.73. The lowest BCUT2D eigenvalue weighted by atomic mass is 10.1. The van der Waals surface area contributed by atoms with Crippen LogP contribution in [0.15, 0.2) is 12.2 Å². The highest BCUT2D eigenvalue weighted by Crippen LogP contribution is 2.10. The molecular weight excluding hydrogens is 174 g/mol. The first-order valence-corrected chi connectivity index (χ1v) is 3.86. The van der Waals surface area contributed by atoms with Crippen LogP contribution >= 0.6 is 0 Å². The Balaban J connectivity index is 2.31. The van der Waals surface area contributed by atoms with Crippen molar-refractivity contribution in [3.63, 3.8) is 0 Å². The van der Waals surface area contributed by atoms with Crippen LogP contribution in [0, 0.1) is 0 Å². The Morgan fingerprint density at radius 3 is 2.54 bits per heavy atom. The molecule has 1 aliphatic rings. The lowest BCUT2D eigenvalue weighted by molar-refractivity contribution is -0.138. The molecule has 5 heteroatoms. The van der Waals surface area contributed by atoms with Gasteiger partial charge in [0.1, 0.15) is 0 Å². The third kappa shape index (κ3) is 2.55. The highest BCUT2D eigenvalue weighted by atomic mass is 16.5. The van der Waals surface area contributed by atoms with Crippen molar-refractivity contribution in [2.24, 2.45) is 0 Å². The van der Waals surface area contributed by atoms with Gasteiger partial charge in [-0.1, -0.05) is 0 Å². The number of carboxylic acids is 1. The summed E-state index contributed by atoms with van der Waals surface area (Å²) in [4.78, 5) is 22.7. The van der Waals surface area contributed by atoms with Gasteiger partial charge in [0.25, 0.3) is 0 Å². The summed E-state index contributed by atoms with van der Waals surface area (Å²) in [5, 5.41) is 8.25. The number of carboxylic acid groups (broad SMARTS) is 1. The van der Waals surface area contributed by atoms with Gasteiger partial charge in [-0.15, -0.1) is 0 Å². The summed E-state index contributed by atoms with van der Waals surface area (Å²) in [7, 11) is 1.58. The molecule has 0 saturated carbocycles. The molecular formula is C8H11NO4. The molecule has 1 amide bonds. The van der Waals surface area contributed by atoms with E-state index in [9.17, 15) is 9.59 Å². The highest BCUT2D eigenvalue weighted by Gasteiger charge is 2.28. The predicted molar refractivity (Wildman–Crippen MR) is 44.2 cm³/mol. The molecule has 0 aromatic heterocycles. The summed E-state index contributed by atoms with van der Waals surface area (Å²) in [6.45, 7) is 1.08. The van der Waals surface area contributed by atoms with E-state index in [1.54, 1.807) is 7.11 Å². The second-order valence-corrected chi connectivity index (χ2v) is 2.77. The zero-order valence-corrected chi connectivity index (χ0v) is 7.27. The Kier molecular flexibility index (Phi) is 3.02. The van der Waals surface area contributed by atoms with Crippen molar-refractivity contribution in [3.8, 4) is 0 Å². The molecule has 1 saturated heterocycles. The molecule has 1 rings (SSSR count). The number of hydrogen-bond acceptors (Lipinski definition) is 3. The third-order valence-corrected chi connectivity index (χ3v) is 1.86. The fraction of sp³-hybridized carbons (Fsp3) is 0.500. The molecule has 5 nitrogen and oxygen atoms in total. The Morgan fingerprint density at radius 1 is 1.46 bits per heavy atom. The average molecular weight is 185 g/mol. The first-order chi connectivity index (χ1) is 6.13. The van der Waals surface area contributed by atoms with Crippen LogP contribution in [-0.4, -0.2) is 48.2 Å². The summed E-state index contributed by atoms with van der Waals surface area (Å²) in [5.41, 5.74) is 0. The number of amides is 1. The molecule has 1 fully saturated rings. The number of rotatable bonds is 3. The van der Waals surface area contributed by atoms with Crippen LogP contribution in [0.4, 0.5) is 0 Å². The summed E-state index contributed by atoms with van der Waals surface area (Å²) >= 11 is 0. The van der Waals surface area contributed by atoms with Crippen LogP contribution in [0.1, 0.15) is 0 Å². The van der Waals surface area contributed by atoms with E-state index in [0.717, 1.165) is 12.2 Å². The molecule has 72 valence electrons. The van der Waals surface area contributed by atoms with Crippen molar-refractivity contribution in [3.05, 3.63) is 12.2 Å². The van der Waals surface area contributed by atoms with Gasteiger partial charge in [-0.2, -0.15) is 0 Å². The number of aliphatic carboxylic acids is 1. The topological polar surface area (TPSA) is 66.8 Å². The fourth-order valence-electron chi connectivity index (χ4n) is 1.02. The van der Waals surface area contributed by atoms with Gasteiger partial charge < -0.3 is 14.7 Å². The Morgan fingerprint density at radius 2 is 2.08 bits per heavy atom. The maximum atomic E-state index is 11.1. The van der Waals surface area contributed by atoms with Crippen molar-refractivity contribution >= 4 is 11.9 Å². The van der Waals surface area contributed by atoms with E-state index in [0.29, 0.717) is 13.1 Å². The molecule has 13 heavy (non-hydrogen) atoms. The molecule has 0 radical (unpaired) electrons. The average Bonchev–Trinajstić information content (AvgIpc) is 1.99. The quantitative estimate of drug-likeness (QED) is 0.601. The summed E-state index contributed by atoms with van der Waals surface area (Å²) in [6.07, 6.45) is 1.98. The van der Waals surface area contributed by atoms with Gasteiger partial charge in [-0.25, -0.2) is 4.79 Å². The van der Waals surface area contributed by atoms with Gasteiger partial charge in [0, 0.05) is 32.4 Å². The van der Waals surface area contributed by atoms with Crippen LogP contribution in [0.3, 0.4) is 0 Å². The van der Waals surface area contributed by atoms with Gasteiger partial charge in [0.2, 0.25) is 5.91 Å². The monoisotopic (exact) mass is 185 g/mol. The number of nitrogens with zero attached hydrogens (tertiary/aromatic N) is 1. The second-order valence-electron chi connectivity index (χ2n) is 2.77. The van der Waals surface area contributed by atoms with Crippen LogP contribution in [-0.2, 0) is 14.3 Å². The molecule has 1 heterocycles. The smallest absolute Gasteiger partial charge is 0.328 e. The fourth-order valence-corrected chi connectivity index (χ4v) is 1.02. The normalized spacial score (nSPS) is 17.5. The van der Waals surface area contributed by atoms with Crippen LogP contribution in [0.5, 0.6) is 0 Å². The summed E-state index contributed by atoms with van der Waals surface area (Å²) in [6, 6.07) is 0. The zero-order valence-electron chi connectivity index (χ0n) is 7.27. The molecule has 1 aliphatic heterocycles. The zero-order chi connectivity index (χ0) is 9.84. The molecule has 0 unspecified atom stereocenters. The van der Waals surface area contributed by atoms with E-state index >= 15 is 0 Å². The number of hydrogen-bond donors (Lipinski definition) is 1. The van der Waals surface area contributed by atoms with E-state index in [2.05, 4.69) is 0 Å². The van der Waals surface area contributed by atoms with E-state index in [4.69, 9.17) is 9.84 Å². The summed E-state index contributed by atoms with van der Waals surface area (Å²) in [5.74, 6) is -1.40. The minimum Gasteiger partial charge on any atom is -0.478 e. The van der Waals surface area contributed by atoms with Gasteiger partial charge in [0.15, 0.2) is 0 Å². The molecule has 1 N–H and O–H groups in total. The Bertz CT molecular complexity index is 243. The summed E-state index contributed by atoms with van der Waals surface area (Å²) < 4.78 is 4.96. The van der Waals surface area contributed by atoms with E-state index in [1.807, 2.05) is 0 Å². The third-order valence-electron chi connectivity index (χ3n) is 1.86. The van der Waals surface area contributed by atoms with Crippen LogP contribution < -0.4 is 0 Å². The van der Waals surface area contributed by atoms with Crippen LogP contribution in [0.2, 0.25) is 0 Å². The molecule has 0 bridgehead atoms. The molecule has 0 aromatic carbocycles. The Labute approximate surface area is 75.6 Å². The minimum atomic E-state index is -1.11. The molecule has 0 aromatic rings. The van der Waals surface area contributed by atoms with Crippen molar-refractivity contribution < 1.29 is 19.4 Å². The second kappa shape index (κ2) is 4.04. The lowest BCUT2D eigenvalue weighted by Gasteiger charge is -2.37. The molecule has 0 aliphatic carbocycles. The predicted octanol–water partition coefficient (Wildman–Crippen LogP) is -0.516. The van der Waals surface area contributed by atoms with Crippen molar-refractivity contribution in [1.29, 1.82) is 0 Å². The minimum absolute atomic E-state index is 0.0992. The van der Waals surface area contributed by atoms with Crippen molar-refractivity contribution in [2.45, 2.75) is 6.10 Å². The maximum absolute atomic E-state index is 11.1. The molecule has 0 spiro atoms. The standard InChI is InChI=1S/C8H11NO4/c1-13-6-4-9(5-6)7(10)2-3-8(11)12/h2-3,6H,4-5H2,1H3,(H,11,12)/b3-2+. The van der Waals surface area contributed by atoms with Gasteiger partial charge in [0.05, 0.1) is 6.10 Å². The van der Waals surface area contributed by atoms with Crippen molar-refractivity contribution in [2.75, 3.05) is 20.2 Å². The van der Waals surface area contributed by atoms with Gasteiger partial charge in [-0.3, -0.25) is 4.79 Å². The maximum Gasteiger partial charge on any atom is 0.328 e. The van der Waals surface area contributed by atoms with Crippen LogP contribution in [0.25, 0.3) is 0 Å². The molecule has 0 atom stereocenters. The highest BCUT2D eigenvalue weighted by molar-refractivity contribution is 5.94. The van der Waals surface area contributed by atoms with E-state index < -0.39 is 5.97 Å². The largest absolute Gasteiger partial charge is 0.478 e. The number of likely N-dealkylation sites (tertiary alicyclic amines) is 1. The SMILES string of the molecule is COC1CN(C(=O)/C=C/C(=O)O)C1. The van der Waals surface area contributed by atoms with Gasteiger partial charge >= 0.3 is 5.97 Å². The van der Waals surface area contributed by atoms with Gasteiger partial charge in [-0.05, 0) is 0 Å². The Hall–Kier alpha value is -1.36. The number of carbonyl (C=O) groups excluding carboxylic acids is 1. The number of methoxy groups -OCH3 is 1. The number of carbonyl (C=O) groups is 2. The number of ether oxygens (including phenoxy) is 1. The first-order valence-electron chi connectivity index (χ1n) is 3.86. The lowest BCUT2D eigenvalue weighted by Crippen LogP contribution is -2.53. The van der Waals surface area contributed by atoms with Crippen molar-refractivity contribution in [1.82, 2.24) is 4.90 Å².